The van der Waals surface area contributed by atoms with Crippen LogP contribution in [-0.2, 0) is 16.0 Å². The first-order chi connectivity index (χ1) is 15.5. The van der Waals surface area contributed by atoms with Crippen LogP contribution >= 0.6 is 11.6 Å². The van der Waals surface area contributed by atoms with E-state index in [4.69, 9.17) is 25.6 Å². The maximum atomic E-state index is 13.8. The minimum Gasteiger partial charge on any atom is -0.480 e. The molecule has 0 saturated carbocycles. The second kappa shape index (κ2) is 9.82. The lowest BCUT2D eigenvalue weighted by Crippen LogP contribution is -2.44. The molecule has 0 radical (unpaired) electrons. The van der Waals surface area contributed by atoms with Crippen molar-refractivity contribution in [2.24, 2.45) is 0 Å². The molecule has 1 amide bonds. The van der Waals surface area contributed by atoms with E-state index in [1.165, 1.54) is 6.20 Å². The molecular formula is C21H20ClFN4O6. The van der Waals surface area contributed by atoms with Crippen LogP contribution in [0.4, 0.5) is 9.18 Å². The Balaban J connectivity index is 1.66. The summed E-state index contributed by atoms with van der Waals surface area (Å²) in [4.78, 5) is 31.3. The van der Waals surface area contributed by atoms with Gasteiger partial charge in [-0.3, -0.25) is 0 Å². The molecule has 33 heavy (non-hydrogen) atoms. The van der Waals surface area contributed by atoms with Gasteiger partial charge in [0, 0.05) is 11.8 Å². The van der Waals surface area contributed by atoms with Crippen LogP contribution in [0.3, 0.4) is 0 Å². The van der Waals surface area contributed by atoms with Crippen molar-refractivity contribution < 1.29 is 33.1 Å². The molecule has 10 nitrogen and oxygen atoms in total. The SMILES string of the molecule is CC(C)(C)OC(=O)NC(Cc1nc(-c2ccc(Oc3ncc(Cl)cc3F)cc2)no1)C(=O)O. The van der Waals surface area contributed by atoms with E-state index < -0.39 is 29.5 Å². The average molecular weight is 479 g/mol. The summed E-state index contributed by atoms with van der Waals surface area (Å²) in [6.45, 7) is 4.97. The molecule has 0 fully saturated rings. The standard InChI is InChI=1S/C21H20ClFN4O6/c1-21(2,3)32-20(30)25-15(19(28)29)9-16-26-17(27-33-16)11-4-6-13(7-5-11)31-18-14(23)8-12(22)10-24-18/h4-8,10,15H,9H2,1-3H3,(H,25,30)(H,28,29). The topological polar surface area (TPSA) is 137 Å². The molecule has 0 aliphatic heterocycles. The zero-order valence-corrected chi connectivity index (χ0v) is 18.6. The number of nitrogens with one attached hydrogen (secondary N) is 1. The Bertz CT molecular complexity index is 1150. The summed E-state index contributed by atoms with van der Waals surface area (Å²) in [5.41, 5.74) is -0.246. The fourth-order valence-electron chi connectivity index (χ4n) is 2.54. The van der Waals surface area contributed by atoms with E-state index >= 15 is 0 Å². The first-order valence-corrected chi connectivity index (χ1v) is 10.0. The number of alkyl carbamates (subject to hydrolysis) is 1. The number of benzene rings is 1. The average Bonchev–Trinajstić information content (AvgIpc) is 3.17. The molecule has 0 aliphatic rings. The third-order valence-electron chi connectivity index (χ3n) is 3.94. The zero-order valence-electron chi connectivity index (χ0n) is 17.8. The van der Waals surface area contributed by atoms with Gasteiger partial charge in [0.2, 0.25) is 11.7 Å². The lowest BCUT2D eigenvalue weighted by Gasteiger charge is -2.21. The number of aromatic nitrogens is 3. The highest BCUT2D eigenvalue weighted by Crippen LogP contribution is 2.26. The quantitative estimate of drug-likeness (QED) is 0.510. The van der Waals surface area contributed by atoms with Crippen molar-refractivity contribution in [3.8, 4) is 23.0 Å². The molecule has 2 aromatic heterocycles. The van der Waals surface area contributed by atoms with Crippen LogP contribution in [0.5, 0.6) is 11.6 Å². The van der Waals surface area contributed by atoms with Crippen LogP contribution in [0, 0.1) is 5.82 Å². The molecule has 0 spiro atoms. The van der Waals surface area contributed by atoms with Crippen molar-refractivity contribution in [2.45, 2.75) is 38.8 Å². The van der Waals surface area contributed by atoms with E-state index in [2.05, 4.69) is 20.4 Å². The molecule has 12 heteroatoms. The highest BCUT2D eigenvalue weighted by molar-refractivity contribution is 6.30. The van der Waals surface area contributed by atoms with Gasteiger partial charge in [-0.1, -0.05) is 16.8 Å². The minimum absolute atomic E-state index is 0.00113. The van der Waals surface area contributed by atoms with Crippen molar-refractivity contribution in [1.29, 1.82) is 0 Å². The number of aliphatic carboxylic acids is 1. The van der Waals surface area contributed by atoms with Gasteiger partial charge >= 0.3 is 12.1 Å². The Labute approximate surface area is 192 Å². The second-order valence-corrected chi connectivity index (χ2v) is 8.26. The van der Waals surface area contributed by atoms with Crippen molar-refractivity contribution in [1.82, 2.24) is 20.4 Å². The first-order valence-electron chi connectivity index (χ1n) is 9.64. The summed E-state index contributed by atoms with van der Waals surface area (Å²) < 4.78 is 29.4. The van der Waals surface area contributed by atoms with Crippen LogP contribution in [0.1, 0.15) is 26.7 Å². The Hall–Kier alpha value is -3.73. The minimum atomic E-state index is -1.33. The molecule has 1 unspecified atom stereocenters. The number of pyridine rings is 1. The van der Waals surface area contributed by atoms with Crippen LogP contribution in [-0.4, -0.2) is 43.9 Å². The van der Waals surface area contributed by atoms with E-state index in [-0.39, 0.29) is 29.0 Å². The predicted octanol–water partition coefficient (Wildman–Crippen LogP) is 4.24. The number of halogens is 2. The van der Waals surface area contributed by atoms with Gasteiger partial charge in [0.05, 0.1) is 11.4 Å². The molecule has 0 aliphatic carbocycles. The molecule has 1 atom stereocenters. The third kappa shape index (κ3) is 6.88. The summed E-state index contributed by atoms with van der Waals surface area (Å²) in [5.74, 6) is -1.72. The van der Waals surface area contributed by atoms with Gasteiger partial charge in [0.15, 0.2) is 5.82 Å². The van der Waals surface area contributed by atoms with Crippen molar-refractivity contribution in [2.75, 3.05) is 0 Å². The molecule has 1 aromatic carbocycles. The van der Waals surface area contributed by atoms with Gasteiger partial charge in [-0.2, -0.15) is 4.98 Å². The highest BCUT2D eigenvalue weighted by atomic mass is 35.5. The van der Waals surface area contributed by atoms with E-state index in [1.807, 2.05) is 0 Å². The lowest BCUT2D eigenvalue weighted by atomic mass is 10.2. The Morgan fingerprint density at radius 1 is 1.27 bits per heavy atom. The fraction of sp³-hybridized carbons (Fsp3) is 0.286. The number of carbonyl (C=O) groups is 2. The van der Waals surface area contributed by atoms with Gasteiger partial charge in [0.25, 0.3) is 5.88 Å². The highest BCUT2D eigenvalue weighted by Gasteiger charge is 2.26. The summed E-state index contributed by atoms with van der Waals surface area (Å²) in [7, 11) is 0. The molecule has 0 bridgehead atoms. The maximum Gasteiger partial charge on any atom is 0.408 e. The smallest absolute Gasteiger partial charge is 0.408 e. The Morgan fingerprint density at radius 3 is 2.58 bits per heavy atom. The van der Waals surface area contributed by atoms with Gasteiger partial charge in [0.1, 0.15) is 17.4 Å². The number of carboxylic acids is 1. The summed E-state index contributed by atoms with van der Waals surface area (Å²) in [6.07, 6.45) is 0.137. The van der Waals surface area contributed by atoms with Gasteiger partial charge in [-0.15, -0.1) is 0 Å². The number of carboxylic acid groups (broad SMARTS) is 1. The van der Waals surface area contributed by atoms with E-state index in [9.17, 15) is 19.1 Å². The third-order valence-corrected chi connectivity index (χ3v) is 4.14. The molecule has 3 rings (SSSR count). The second-order valence-electron chi connectivity index (χ2n) is 7.82. The number of rotatable bonds is 7. The predicted molar refractivity (Wildman–Crippen MR) is 114 cm³/mol. The number of hydrogen-bond donors (Lipinski definition) is 2. The molecule has 0 saturated heterocycles. The fourth-order valence-corrected chi connectivity index (χ4v) is 2.68. The zero-order chi connectivity index (χ0) is 24.2. The van der Waals surface area contributed by atoms with Gasteiger partial charge < -0.3 is 24.4 Å². The van der Waals surface area contributed by atoms with Crippen LogP contribution in [0.15, 0.2) is 41.1 Å². The van der Waals surface area contributed by atoms with E-state index in [0.717, 1.165) is 6.07 Å². The monoisotopic (exact) mass is 478 g/mol. The molecule has 2 N–H and O–H groups in total. The van der Waals surface area contributed by atoms with E-state index in [0.29, 0.717) is 11.3 Å². The Morgan fingerprint density at radius 2 is 1.97 bits per heavy atom. The lowest BCUT2D eigenvalue weighted by molar-refractivity contribution is -0.139. The van der Waals surface area contributed by atoms with Gasteiger partial charge in [-0.25, -0.2) is 19.0 Å². The number of hydrogen-bond acceptors (Lipinski definition) is 8. The van der Waals surface area contributed by atoms with Crippen molar-refractivity contribution in [3.63, 3.8) is 0 Å². The van der Waals surface area contributed by atoms with Crippen molar-refractivity contribution in [3.05, 3.63) is 53.3 Å². The number of ether oxygens (including phenoxy) is 2. The number of nitrogens with zero attached hydrogens (tertiary/aromatic N) is 3. The van der Waals surface area contributed by atoms with Gasteiger partial charge in [-0.05, 0) is 51.1 Å². The van der Waals surface area contributed by atoms with Crippen molar-refractivity contribution >= 4 is 23.7 Å². The number of carbonyl (C=O) groups excluding carboxylic acids is 1. The first kappa shape index (κ1) is 23.9. The summed E-state index contributed by atoms with van der Waals surface area (Å²) >= 11 is 5.67. The number of amides is 1. The summed E-state index contributed by atoms with van der Waals surface area (Å²) in [5, 5.41) is 15.6. The van der Waals surface area contributed by atoms with Crippen LogP contribution < -0.4 is 10.1 Å². The Kier molecular flexibility index (Phi) is 7.12. The van der Waals surface area contributed by atoms with Crippen LogP contribution in [0.25, 0.3) is 11.4 Å². The normalized spacial score (nSPS) is 12.2. The van der Waals surface area contributed by atoms with E-state index in [1.54, 1.807) is 45.0 Å². The molecule has 174 valence electrons. The maximum absolute atomic E-state index is 13.8. The summed E-state index contributed by atoms with van der Waals surface area (Å²) in [6, 6.07) is 6.06. The molecule has 3 aromatic rings. The largest absolute Gasteiger partial charge is 0.480 e. The van der Waals surface area contributed by atoms with Crippen LogP contribution in [0.2, 0.25) is 5.02 Å². The molecular weight excluding hydrogens is 459 g/mol. The molecule has 2 heterocycles.